The van der Waals surface area contributed by atoms with E-state index >= 15 is 0 Å². The predicted molar refractivity (Wildman–Crippen MR) is 80.4 cm³/mol. The topological polar surface area (TPSA) is 86.5 Å². The molecule has 0 saturated heterocycles. The minimum atomic E-state index is -3.60. The molecule has 0 radical (unpaired) electrons. The maximum Gasteiger partial charge on any atom is 0.312 e. The molecule has 2 rings (SSSR count). The van der Waals surface area contributed by atoms with Gasteiger partial charge in [-0.05, 0) is 30.3 Å². The third kappa shape index (κ3) is 3.60. The molecule has 116 valence electrons. The Balaban J connectivity index is 2.49. The fourth-order valence-electron chi connectivity index (χ4n) is 1.63. The maximum atomic E-state index is 13.7. The van der Waals surface area contributed by atoms with Crippen LogP contribution in [0, 0.1) is 15.9 Å². The van der Waals surface area contributed by atoms with Gasteiger partial charge in [-0.3, -0.25) is 10.1 Å². The third-order valence-corrected chi connectivity index (χ3v) is 4.27. The van der Waals surface area contributed by atoms with Gasteiger partial charge < -0.3 is 4.74 Å². The molecule has 2 aromatic carbocycles. The van der Waals surface area contributed by atoms with Crippen LogP contribution in [-0.2, 0) is 9.84 Å². The predicted octanol–water partition coefficient (Wildman–Crippen LogP) is 3.69. The molecule has 6 nitrogen and oxygen atoms in total. The summed E-state index contributed by atoms with van der Waals surface area (Å²) in [5, 5.41) is 11.1. The highest BCUT2D eigenvalue weighted by Crippen LogP contribution is 2.34. The first-order valence-electron chi connectivity index (χ1n) is 5.80. The summed E-state index contributed by atoms with van der Waals surface area (Å²) < 4.78 is 42.3. The Kier molecular flexibility index (Phi) is 4.47. The van der Waals surface area contributed by atoms with Crippen molar-refractivity contribution in [3.63, 3.8) is 0 Å². The van der Waals surface area contributed by atoms with Gasteiger partial charge in [-0.2, -0.15) is 0 Å². The van der Waals surface area contributed by atoms with Crippen LogP contribution < -0.4 is 4.74 Å². The zero-order valence-electron chi connectivity index (χ0n) is 11.1. The molecular formula is C13H9BrFNO5S. The van der Waals surface area contributed by atoms with Gasteiger partial charge >= 0.3 is 5.69 Å². The highest BCUT2D eigenvalue weighted by atomic mass is 79.9. The van der Waals surface area contributed by atoms with Crippen LogP contribution in [0.4, 0.5) is 10.1 Å². The lowest BCUT2D eigenvalue weighted by molar-refractivity contribution is -0.385. The molecule has 0 unspecified atom stereocenters. The maximum absolute atomic E-state index is 13.7. The molecule has 0 spiro atoms. The summed E-state index contributed by atoms with van der Waals surface area (Å²) in [6, 6.07) is 7.11. The molecule has 0 N–H and O–H groups in total. The zero-order chi connectivity index (χ0) is 16.5. The van der Waals surface area contributed by atoms with E-state index in [0.29, 0.717) is 4.47 Å². The smallest absolute Gasteiger partial charge is 0.312 e. The number of nitrogens with zero attached hydrogens (tertiary/aromatic N) is 1. The number of benzene rings is 2. The lowest BCUT2D eigenvalue weighted by Gasteiger charge is -2.08. The first kappa shape index (κ1) is 16.4. The van der Waals surface area contributed by atoms with Gasteiger partial charge in [0.25, 0.3) is 0 Å². The highest BCUT2D eigenvalue weighted by Gasteiger charge is 2.21. The van der Waals surface area contributed by atoms with Crippen molar-refractivity contribution in [2.75, 3.05) is 6.26 Å². The van der Waals surface area contributed by atoms with Gasteiger partial charge in [0.2, 0.25) is 5.75 Å². The van der Waals surface area contributed by atoms with Gasteiger partial charge in [-0.25, -0.2) is 12.8 Å². The summed E-state index contributed by atoms with van der Waals surface area (Å²) in [4.78, 5) is 10.0. The molecule has 0 aliphatic carbocycles. The van der Waals surface area contributed by atoms with Gasteiger partial charge in [0.15, 0.2) is 21.4 Å². The van der Waals surface area contributed by atoms with Crippen molar-refractivity contribution in [2.24, 2.45) is 0 Å². The first-order valence-corrected chi connectivity index (χ1v) is 8.48. The van der Waals surface area contributed by atoms with E-state index in [1.54, 1.807) is 0 Å². The molecule has 0 heterocycles. The minimum absolute atomic E-state index is 0.210. The summed E-state index contributed by atoms with van der Waals surface area (Å²) in [7, 11) is -3.60. The number of nitro benzene ring substituents is 1. The first-order chi connectivity index (χ1) is 10.2. The number of ether oxygens (including phenoxy) is 1. The molecule has 0 saturated carbocycles. The largest absolute Gasteiger partial charge is 0.447 e. The number of hydrogen-bond acceptors (Lipinski definition) is 5. The van der Waals surface area contributed by atoms with Crippen molar-refractivity contribution in [3.05, 3.63) is 56.8 Å². The van der Waals surface area contributed by atoms with E-state index in [2.05, 4.69) is 15.9 Å². The standard InChI is InChI=1S/C13H9BrFNO5S/c1-22(19,20)9-3-5-13(11(7-9)16(17)18)21-12-4-2-8(14)6-10(12)15/h2-7H,1H3. The number of halogens is 2. The molecule has 0 fully saturated rings. The van der Waals surface area contributed by atoms with Crippen molar-refractivity contribution in [2.45, 2.75) is 4.90 Å². The van der Waals surface area contributed by atoms with E-state index in [9.17, 15) is 22.9 Å². The average Bonchev–Trinajstić information content (AvgIpc) is 2.40. The zero-order valence-corrected chi connectivity index (χ0v) is 13.5. The molecule has 0 aromatic heterocycles. The summed E-state index contributed by atoms with van der Waals surface area (Å²) >= 11 is 3.08. The van der Waals surface area contributed by atoms with E-state index in [1.807, 2.05) is 0 Å². The molecule has 0 bridgehead atoms. The van der Waals surface area contributed by atoms with Crippen LogP contribution in [0.15, 0.2) is 45.8 Å². The second kappa shape index (κ2) is 6.01. The normalized spacial score (nSPS) is 11.2. The van der Waals surface area contributed by atoms with Crippen molar-refractivity contribution < 1.29 is 22.5 Å². The monoisotopic (exact) mass is 389 g/mol. The van der Waals surface area contributed by atoms with Gasteiger partial charge in [0, 0.05) is 16.8 Å². The van der Waals surface area contributed by atoms with Crippen LogP contribution in [0.3, 0.4) is 0 Å². The second-order valence-corrected chi connectivity index (χ2v) is 7.27. The van der Waals surface area contributed by atoms with E-state index in [1.165, 1.54) is 12.1 Å². The van der Waals surface area contributed by atoms with Gasteiger partial charge in [-0.1, -0.05) is 15.9 Å². The molecule has 22 heavy (non-hydrogen) atoms. The average molecular weight is 390 g/mol. The molecule has 0 atom stereocenters. The fraction of sp³-hybridized carbons (Fsp3) is 0.0769. The Morgan fingerprint density at radius 1 is 1.18 bits per heavy atom. The van der Waals surface area contributed by atoms with Gasteiger partial charge in [0.1, 0.15) is 0 Å². The van der Waals surface area contributed by atoms with E-state index in [4.69, 9.17) is 4.74 Å². The third-order valence-electron chi connectivity index (χ3n) is 2.67. The number of sulfone groups is 1. The van der Waals surface area contributed by atoms with Crippen LogP contribution in [-0.4, -0.2) is 19.6 Å². The number of nitro groups is 1. The van der Waals surface area contributed by atoms with Crippen molar-refractivity contribution >= 4 is 31.5 Å². The molecule has 0 aliphatic heterocycles. The molecule has 2 aromatic rings. The summed E-state index contributed by atoms with van der Waals surface area (Å²) in [5.41, 5.74) is -0.565. The molecular weight excluding hydrogens is 381 g/mol. The van der Waals surface area contributed by atoms with Gasteiger partial charge in [0.05, 0.1) is 9.82 Å². The quantitative estimate of drug-likeness (QED) is 0.587. The summed E-state index contributed by atoms with van der Waals surface area (Å²) in [6.45, 7) is 0. The lowest BCUT2D eigenvalue weighted by atomic mass is 10.3. The van der Waals surface area contributed by atoms with Crippen molar-refractivity contribution in [1.82, 2.24) is 0 Å². The van der Waals surface area contributed by atoms with E-state index in [0.717, 1.165) is 30.5 Å². The minimum Gasteiger partial charge on any atom is -0.447 e. The highest BCUT2D eigenvalue weighted by molar-refractivity contribution is 9.10. The molecule has 0 aliphatic rings. The van der Waals surface area contributed by atoms with Crippen LogP contribution in [0.5, 0.6) is 11.5 Å². The Bertz CT molecular complexity index is 854. The lowest BCUT2D eigenvalue weighted by Crippen LogP contribution is -2.00. The van der Waals surface area contributed by atoms with Crippen LogP contribution in [0.2, 0.25) is 0 Å². The van der Waals surface area contributed by atoms with Crippen LogP contribution in [0.1, 0.15) is 0 Å². The Morgan fingerprint density at radius 2 is 1.82 bits per heavy atom. The second-order valence-electron chi connectivity index (χ2n) is 4.34. The van der Waals surface area contributed by atoms with E-state index in [-0.39, 0.29) is 16.4 Å². The van der Waals surface area contributed by atoms with Crippen molar-refractivity contribution in [3.8, 4) is 11.5 Å². The van der Waals surface area contributed by atoms with Crippen molar-refractivity contribution in [1.29, 1.82) is 0 Å². The summed E-state index contributed by atoms with van der Waals surface area (Å²) in [5.74, 6) is -1.17. The Hall–Kier alpha value is -2.00. The number of rotatable bonds is 4. The molecule has 9 heteroatoms. The van der Waals surface area contributed by atoms with Crippen LogP contribution in [0.25, 0.3) is 0 Å². The fourth-order valence-corrected chi connectivity index (χ4v) is 2.61. The number of hydrogen-bond donors (Lipinski definition) is 0. The molecule has 0 amide bonds. The van der Waals surface area contributed by atoms with E-state index < -0.39 is 26.3 Å². The van der Waals surface area contributed by atoms with Gasteiger partial charge in [-0.15, -0.1) is 0 Å². The summed E-state index contributed by atoms with van der Waals surface area (Å²) in [6.07, 6.45) is 0.932. The van der Waals surface area contributed by atoms with Crippen LogP contribution >= 0.6 is 15.9 Å². The Labute approximate surface area is 133 Å². The Morgan fingerprint density at radius 3 is 2.36 bits per heavy atom. The SMILES string of the molecule is CS(=O)(=O)c1ccc(Oc2ccc(Br)cc2F)c([N+](=O)[O-])c1.